The molecular weight excluding hydrogens is 230 g/mol. The Morgan fingerprint density at radius 2 is 2.22 bits per heavy atom. The molecule has 1 aromatic heterocycles. The van der Waals surface area contributed by atoms with Gasteiger partial charge in [-0.1, -0.05) is 0 Å². The van der Waals surface area contributed by atoms with E-state index in [1.165, 1.54) is 0 Å². The second kappa shape index (κ2) is 5.91. The van der Waals surface area contributed by atoms with Gasteiger partial charge in [0.05, 0.1) is 0 Å². The van der Waals surface area contributed by atoms with Gasteiger partial charge >= 0.3 is 6.09 Å². The molecule has 0 saturated heterocycles. The van der Waals surface area contributed by atoms with Crippen molar-refractivity contribution in [2.45, 2.75) is 38.8 Å². The Hall–Kier alpha value is -1.49. The predicted molar refractivity (Wildman–Crippen MR) is 71.3 cm³/mol. The first-order valence-corrected chi connectivity index (χ1v) is 6.10. The average molecular weight is 253 g/mol. The van der Waals surface area contributed by atoms with Crippen LogP contribution in [-0.4, -0.2) is 28.8 Å². The summed E-state index contributed by atoms with van der Waals surface area (Å²) in [5, 5.41) is 2.68. The number of aromatic nitrogens is 1. The molecule has 1 unspecified atom stereocenters. The van der Waals surface area contributed by atoms with E-state index >= 15 is 0 Å². The van der Waals surface area contributed by atoms with Gasteiger partial charge in [0.2, 0.25) is 0 Å². The molecule has 1 amide bonds. The minimum absolute atomic E-state index is 0.119. The summed E-state index contributed by atoms with van der Waals surface area (Å²) >= 11 is 0. The lowest BCUT2D eigenvalue weighted by atomic mass is 10.1. The first-order valence-electron chi connectivity index (χ1n) is 6.10. The monoisotopic (exact) mass is 253 g/mol. The van der Waals surface area contributed by atoms with Crippen molar-refractivity contribution < 1.29 is 9.53 Å². The lowest BCUT2D eigenvalue weighted by Gasteiger charge is -2.20. The maximum absolute atomic E-state index is 11.4. The fourth-order valence-corrected chi connectivity index (χ4v) is 1.58. The van der Waals surface area contributed by atoms with Crippen LogP contribution in [0.5, 0.6) is 0 Å². The number of carbonyl (C=O) groups is 1. The molecule has 0 spiro atoms. The van der Waals surface area contributed by atoms with E-state index in [1.807, 2.05) is 50.7 Å². The summed E-state index contributed by atoms with van der Waals surface area (Å²) in [4.78, 5) is 11.4. The number of nitrogens with one attached hydrogen (secondary N) is 1. The number of alkyl carbamates (subject to hydrolysis) is 1. The van der Waals surface area contributed by atoms with E-state index in [9.17, 15) is 4.79 Å². The van der Waals surface area contributed by atoms with Crippen LogP contribution >= 0.6 is 0 Å². The fourth-order valence-electron chi connectivity index (χ4n) is 1.58. The Morgan fingerprint density at radius 1 is 1.56 bits per heavy atom. The molecule has 0 aliphatic carbocycles. The van der Waals surface area contributed by atoms with E-state index in [0.717, 1.165) is 12.1 Å². The summed E-state index contributed by atoms with van der Waals surface area (Å²) in [5.74, 6) is 0. The Balaban J connectivity index is 2.31. The Morgan fingerprint density at radius 3 is 2.72 bits per heavy atom. The molecule has 0 saturated carbocycles. The summed E-state index contributed by atoms with van der Waals surface area (Å²) in [6.45, 7) is 5.89. The molecule has 0 aliphatic rings. The Kier molecular flexibility index (Phi) is 4.78. The van der Waals surface area contributed by atoms with Gasteiger partial charge in [0, 0.05) is 37.9 Å². The van der Waals surface area contributed by atoms with E-state index in [1.54, 1.807) is 0 Å². The van der Waals surface area contributed by atoms with Crippen LogP contribution < -0.4 is 11.1 Å². The molecule has 1 heterocycles. The number of aryl methyl sites for hydroxylation is 1. The summed E-state index contributed by atoms with van der Waals surface area (Å²) in [6.07, 6.45) is 2.27. The van der Waals surface area contributed by atoms with Crippen molar-refractivity contribution in [1.29, 1.82) is 0 Å². The van der Waals surface area contributed by atoms with E-state index in [-0.39, 0.29) is 6.04 Å². The molecule has 18 heavy (non-hydrogen) atoms. The highest BCUT2D eigenvalue weighted by Crippen LogP contribution is 2.06. The SMILES string of the molecule is Cn1cccc1CC(N)CNC(=O)OC(C)(C)C. The summed E-state index contributed by atoms with van der Waals surface area (Å²) in [6, 6.07) is 3.88. The van der Waals surface area contributed by atoms with Gasteiger partial charge in [-0.3, -0.25) is 0 Å². The van der Waals surface area contributed by atoms with Gasteiger partial charge < -0.3 is 20.4 Å². The minimum atomic E-state index is -0.480. The van der Waals surface area contributed by atoms with Crippen LogP contribution in [-0.2, 0) is 18.2 Å². The second-order valence-corrected chi connectivity index (χ2v) is 5.46. The zero-order valence-corrected chi connectivity index (χ0v) is 11.6. The van der Waals surface area contributed by atoms with E-state index in [0.29, 0.717) is 6.54 Å². The van der Waals surface area contributed by atoms with Crippen LogP contribution in [0.4, 0.5) is 4.79 Å². The summed E-state index contributed by atoms with van der Waals surface area (Å²) < 4.78 is 7.16. The molecule has 0 fully saturated rings. The molecule has 1 atom stereocenters. The van der Waals surface area contributed by atoms with E-state index in [4.69, 9.17) is 10.5 Å². The maximum atomic E-state index is 11.4. The molecule has 1 rings (SSSR count). The Bertz CT molecular complexity index is 393. The number of carbonyl (C=O) groups excluding carboxylic acids is 1. The molecule has 3 N–H and O–H groups in total. The number of ether oxygens (including phenoxy) is 1. The highest BCUT2D eigenvalue weighted by atomic mass is 16.6. The number of amides is 1. The lowest BCUT2D eigenvalue weighted by Crippen LogP contribution is -2.41. The van der Waals surface area contributed by atoms with Crippen LogP contribution in [0.2, 0.25) is 0 Å². The minimum Gasteiger partial charge on any atom is -0.444 e. The number of hydrogen-bond acceptors (Lipinski definition) is 3. The first kappa shape index (κ1) is 14.6. The van der Waals surface area contributed by atoms with Gasteiger partial charge in [-0.05, 0) is 32.9 Å². The Labute approximate surface area is 108 Å². The topological polar surface area (TPSA) is 69.3 Å². The summed E-state index contributed by atoms with van der Waals surface area (Å²) in [7, 11) is 1.98. The van der Waals surface area contributed by atoms with Crippen LogP contribution in [0.15, 0.2) is 18.3 Å². The van der Waals surface area contributed by atoms with Crippen LogP contribution in [0.25, 0.3) is 0 Å². The maximum Gasteiger partial charge on any atom is 0.407 e. The van der Waals surface area contributed by atoms with Crippen molar-refractivity contribution in [3.05, 3.63) is 24.0 Å². The molecule has 1 aromatic rings. The molecule has 0 bridgehead atoms. The van der Waals surface area contributed by atoms with Crippen LogP contribution in [0.3, 0.4) is 0 Å². The van der Waals surface area contributed by atoms with Crippen molar-refractivity contribution in [3.8, 4) is 0 Å². The molecule has 5 nitrogen and oxygen atoms in total. The van der Waals surface area contributed by atoms with Gasteiger partial charge in [0.1, 0.15) is 5.60 Å². The van der Waals surface area contributed by atoms with Gasteiger partial charge in [0.15, 0.2) is 0 Å². The highest BCUT2D eigenvalue weighted by molar-refractivity contribution is 5.67. The van der Waals surface area contributed by atoms with Crippen LogP contribution in [0, 0.1) is 0 Å². The fraction of sp³-hybridized carbons (Fsp3) is 0.615. The number of nitrogens with two attached hydrogens (primary N) is 1. The number of hydrogen-bond donors (Lipinski definition) is 2. The molecule has 102 valence electrons. The van der Waals surface area contributed by atoms with Gasteiger partial charge in [0.25, 0.3) is 0 Å². The normalized spacial score (nSPS) is 13.2. The zero-order chi connectivity index (χ0) is 13.8. The number of rotatable bonds is 4. The van der Waals surface area contributed by atoms with Crippen molar-refractivity contribution >= 4 is 6.09 Å². The third-order valence-corrected chi connectivity index (χ3v) is 2.43. The first-order chi connectivity index (χ1) is 8.28. The van der Waals surface area contributed by atoms with Crippen molar-refractivity contribution in [2.75, 3.05) is 6.54 Å². The standard InChI is InChI=1S/C13H23N3O2/c1-13(2,3)18-12(17)15-9-10(14)8-11-6-5-7-16(11)4/h5-7,10H,8-9,14H2,1-4H3,(H,15,17). The third kappa shape index (κ3) is 5.23. The van der Waals surface area contributed by atoms with E-state index in [2.05, 4.69) is 5.32 Å². The molecule has 5 heteroatoms. The van der Waals surface area contributed by atoms with Gasteiger partial charge in [-0.25, -0.2) is 4.79 Å². The van der Waals surface area contributed by atoms with Crippen LogP contribution in [0.1, 0.15) is 26.5 Å². The van der Waals surface area contributed by atoms with Crippen molar-refractivity contribution in [1.82, 2.24) is 9.88 Å². The summed E-state index contributed by atoms with van der Waals surface area (Å²) in [5.41, 5.74) is 6.63. The largest absolute Gasteiger partial charge is 0.444 e. The second-order valence-electron chi connectivity index (χ2n) is 5.46. The zero-order valence-electron chi connectivity index (χ0n) is 11.6. The lowest BCUT2D eigenvalue weighted by molar-refractivity contribution is 0.0524. The average Bonchev–Trinajstić information content (AvgIpc) is 2.59. The molecule has 0 aliphatic heterocycles. The van der Waals surface area contributed by atoms with E-state index < -0.39 is 11.7 Å². The molecule has 0 radical (unpaired) electrons. The highest BCUT2D eigenvalue weighted by Gasteiger charge is 2.16. The third-order valence-electron chi connectivity index (χ3n) is 2.43. The smallest absolute Gasteiger partial charge is 0.407 e. The molecule has 0 aromatic carbocycles. The van der Waals surface area contributed by atoms with Gasteiger partial charge in [-0.15, -0.1) is 0 Å². The van der Waals surface area contributed by atoms with Gasteiger partial charge in [-0.2, -0.15) is 0 Å². The van der Waals surface area contributed by atoms with Crippen molar-refractivity contribution in [3.63, 3.8) is 0 Å². The number of nitrogens with zero attached hydrogens (tertiary/aromatic N) is 1. The molecular formula is C13H23N3O2. The van der Waals surface area contributed by atoms with Crippen molar-refractivity contribution in [2.24, 2.45) is 12.8 Å². The quantitative estimate of drug-likeness (QED) is 0.852. The predicted octanol–water partition coefficient (Wildman–Crippen LogP) is 1.42.